The molecule has 1 saturated heterocycles. The van der Waals surface area contributed by atoms with Gasteiger partial charge in [0.15, 0.2) is 0 Å². The molecule has 1 heterocycles. The summed E-state index contributed by atoms with van der Waals surface area (Å²) in [6.45, 7) is 4.83. The average molecular weight is 296 g/mol. The van der Waals surface area contributed by atoms with Gasteiger partial charge in [-0.05, 0) is 31.0 Å². The lowest BCUT2D eigenvalue weighted by molar-refractivity contribution is -0.116. The van der Waals surface area contributed by atoms with Crippen LogP contribution in [0.1, 0.15) is 19.8 Å². The SMILES string of the molecule is CC1CCN(CCC(=O)Nc2ccccc2Cl)CC1N. The fraction of sp³-hybridized carbons (Fsp3) is 0.533. The van der Waals surface area contributed by atoms with Crippen LogP contribution in [0, 0.1) is 5.92 Å². The molecule has 1 aromatic rings. The third kappa shape index (κ3) is 4.20. The van der Waals surface area contributed by atoms with E-state index < -0.39 is 0 Å². The maximum atomic E-state index is 11.9. The van der Waals surface area contributed by atoms with E-state index in [0.717, 1.165) is 26.1 Å². The first-order valence-electron chi connectivity index (χ1n) is 7.08. The second-order valence-electron chi connectivity index (χ2n) is 5.51. The molecule has 2 unspecified atom stereocenters. The minimum Gasteiger partial charge on any atom is -0.326 e. The molecule has 20 heavy (non-hydrogen) atoms. The molecular formula is C15H22ClN3O. The molecule has 1 fully saturated rings. The van der Waals surface area contributed by atoms with Gasteiger partial charge in [-0.25, -0.2) is 0 Å². The van der Waals surface area contributed by atoms with Gasteiger partial charge in [-0.2, -0.15) is 0 Å². The summed E-state index contributed by atoms with van der Waals surface area (Å²) < 4.78 is 0. The zero-order valence-corrected chi connectivity index (χ0v) is 12.6. The monoisotopic (exact) mass is 295 g/mol. The highest BCUT2D eigenvalue weighted by Gasteiger charge is 2.23. The van der Waals surface area contributed by atoms with Crippen LogP contribution in [0.25, 0.3) is 0 Å². The number of amides is 1. The van der Waals surface area contributed by atoms with Gasteiger partial charge in [-0.15, -0.1) is 0 Å². The molecule has 0 aliphatic carbocycles. The normalized spacial score (nSPS) is 23.6. The Labute approximate surface area is 125 Å². The smallest absolute Gasteiger partial charge is 0.225 e. The van der Waals surface area contributed by atoms with Gasteiger partial charge in [-0.3, -0.25) is 4.79 Å². The molecule has 0 radical (unpaired) electrons. The molecule has 110 valence electrons. The molecule has 1 aromatic carbocycles. The number of benzene rings is 1. The van der Waals surface area contributed by atoms with Crippen LogP contribution >= 0.6 is 11.6 Å². The number of carbonyl (C=O) groups is 1. The Balaban J connectivity index is 1.77. The van der Waals surface area contributed by atoms with Crippen molar-refractivity contribution in [2.75, 3.05) is 25.0 Å². The first kappa shape index (κ1) is 15.3. The van der Waals surface area contributed by atoms with Crippen LogP contribution in [-0.4, -0.2) is 36.5 Å². The van der Waals surface area contributed by atoms with Gasteiger partial charge in [0.1, 0.15) is 0 Å². The lowest BCUT2D eigenvalue weighted by Crippen LogP contribution is -2.48. The van der Waals surface area contributed by atoms with E-state index in [-0.39, 0.29) is 11.9 Å². The number of hydrogen-bond donors (Lipinski definition) is 2. The summed E-state index contributed by atoms with van der Waals surface area (Å²) in [5, 5.41) is 3.41. The topological polar surface area (TPSA) is 58.4 Å². The van der Waals surface area contributed by atoms with Crippen molar-refractivity contribution in [2.24, 2.45) is 11.7 Å². The number of anilines is 1. The molecule has 2 rings (SSSR count). The number of halogens is 1. The Kier molecular flexibility index (Phi) is 5.40. The predicted molar refractivity (Wildman–Crippen MR) is 82.9 cm³/mol. The predicted octanol–water partition coefficient (Wildman–Crippen LogP) is 2.34. The number of likely N-dealkylation sites (tertiary alicyclic amines) is 1. The summed E-state index contributed by atoms with van der Waals surface area (Å²) >= 11 is 6.01. The summed E-state index contributed by atoms with van der Waals surface area (Å²) in [7, 11) is 0. The molecule has 0 saturated carbocycles. The number of hydrogen-bond acceptors (Lipinski definition) is 3. The van der Waals surface area contributed by atoms with E-state index in [4.69, 9.17) is 17.3 Å². The average Bonchev–Trinajstić information content (AvgIpc) is 2.43. The second-order valence-corrected chi connectivity index (χ2v) is 5.92. The number of nitrogens with zero attached hydrogens (tertiary/aromatic N) is 1. The van der Waals surface area contributed by atoms with Crippen molar-refractivity contribution in [3.63, 3.8) is 0 Å². The van der Waals surface area contributed by atoms with Crippen molar-refractivity contribution < 1.29 is 4.79 Å². The number of para-hydroxylation sites is 1. The van der Waals surface area contributed by atoms with Crippen LogP contribution < -0.4 is 11.1 Å². The van der Waals surface area contributed by atoms with Crippen LogP contribution in [0.4, 0.5) is 5.69 Å². The van der Waals surface area contributed by atoms with Crippen molar-refractivity contribution in [3.05, 3.63) is 29.3 Å². The molecule has 1 aliphatic rings. The minimum atomic E-state index is -0.00899. The van der Waals surface area contributed by atoms with E-state index in [2.05, 4.69) is 17.1 Å². The van der Waals surface area contributed by atoms with E-state index in [1.54, 1.807) is 12.1 Å². The second kappa shape index (κ2) is 7.07. The zero-order valence-electron chi connectivity index (χ0n) is 11.8. The van der Waals surface area contributed by atoms with Crippen LogP contribution in [0.15, 0.2) is 24.3 Å². The molecule has 1 amide bonds. The molecular weight excluding hydrogens is 274 g/mol. The van der Waals surface area contributed by atoms with Crippen molar-refractivity contribution in [1.82, 2.24) is 4.90 Å². The Morgan fingerprint density at radius 1 is 1.50 bits per heavy atom. The largest absolute Gasteiger partial charge is 0.326 e. The summed E-state index contributed by atoms with van der Waals surface area (Å²) in [5.74, 6) is 0.563. The fourth-order valence-electron chi connectivity index (χ4n) is 2.41. The van der Waals surface area contributed by atoms with Crippen molar-refractivity contribution >= 4 is 23.2 Å². The molecule has 4 nitrogen and oxygen atoms in total. The Bertz CT molecular complexity index is 466. The Hall–Kier alpha value is -1.10. The van der Waals surface area contributed by atoms with E-state index in [1.165, 1.54) is 0 Å². The van der Waals surface area contributed by atoms with E-state index >= 15 is 0 Å². The number of piperidine rings is 1. The molecule has 0 spiro atoms. The van der Waals surface area contributed by atoms with Gasteiger partial charge in [-0.1, -0.05) is 30.7 Å². The van der Waals surface area contributed by atoms with E-state index in [9.17, 15) is 4.79 Å². The summed E-state index contributed by atoms with van der Waals surface area (Å²) in [4.78, 5) is 14.2. The van der Waals surface area contributed by atoms with Crippen molar-refractivity contribution in [3.8, 4) is 0 Å². The maximum Gasteiger partial charge on any atom is 0.225 e. The van der Waals surface area contributed by atoms with Gasteiger partial charge in [0.2, 0.25) is 5.91 Å². The van der Waals surface area contributed by atoms with Crippen LogP contribution in [-0.2, 0) is 4.79 Å². The van der Waals surface area contributed by atoms with Crippen LogP contribution in [0.3, 0.4) is 0 Å². The minimum absolute atomic E-state index is 0.00899. The zero-order chi connectivity index (χ0) is 14.5. The number of nitrogens with one attached hydrogen (secondary N) is 1. The fourth-order valence-corrected chi connectivity index (χ4v) is 2.59. The number of carbonyl (C=O) groups excluding carboxylic acids is 1. The van der Waals surface area contributed by atoms with Gasteiger partial charge >= 0.3 is 0 Å². The first-order valence-corrected chi connectivity index (χ1v) is 7.46. The summed E-state index contributed by atoms with van der Waals surface area (Å²) in [6.07, 6.45) is 1.57. The summed E-state index contributed by atoms with van der Waals surface area (Å²) in [6, 6.07) is 7.48. The van der Waals surface area contributed by atoms with Gasteiger partial charge < -0.3 is 16.0 Å². The van der Waals surface area contributed by atoms with Gasteiger partial charge in [0.05, 0.1) is 10.7 Å². The third-order valence-corrected chi connectivity index (χ3v) is 4.23. The van der Waals surface area contributed by atoms with Crippen molar-refractivity contribution in [2.45, 2.75) is 25.8 Å². The van der Waals surface area contributed by atoms with E-state index in [1.807, 2.05) is 12.1 Å². The number of rotatable bonds is 4. The first-order chi connectivity index (χ1) is 9.56. The number of nitrogens with two attached hydrogens (primary N) is 1. The van der Waals surface area contributed by atoms with Gasteiger partial charge in [0.25, 0.3) is 0 Å². The highest BCUT2D eigenvalue weighted by molar-refractivity contribution is 6.33. The highest BCUT2D eigenvalue weighted by atomic mass is 35.5. The molecule has 2 atom stereocenters. The third-order valence-electron chi connectivity index (χ3n) is 3.90. The van der Waals surface area contributed by atoms with Crippen LogP contribution in [0.2, 0.25) is 5.02 Å². The standard InChI is InChI=1S/C15H22ClN3O/c1-11-6-8-19(10-13(11)17)9-7-15(20)18-14-5-3-2-4-12(14)16/h2-5,11,13H,6-10,17H2,1H3,(H,18,20). The highest BCUT2D eigenvalue weighted by Crippen LogP contribution is 2.20. The summed E-state index contributed by atoms with van der Waals surface area (Å²) in [5.41, 5.74) is 6.73. The quantitative estimate of drug-likeness (QED) is 0.896. The van der Waals surface area contributed by atoms with Crippen LogP contribution in [0.5, 0.6) is 0 Å². The Morgan fingerprint density at radius 3 is 2.95 bits per heavy atom. The van der Waals surface area contributed by atoms with Crippen molar-refractivity contribution in [1.29, 1.82) is 0 Å². The lowest BCUT2D eigenvalue weighted by atomic mass is 9.94. The molecule has 1 aliphatic heterocycles. The molecule has 5 heteroatoms. The molecule has 3 N–H and O–H groups in total. The Morgan fingerprint density at radius 2 is 2.25 bits per heavy atom. The maximum absolute atomic E-state index is 11.9. The lowest BCUT2D eigenvalue weighted by Gasteiger charge is -2.34. The molecule has 0 aromatic heterocycles. The van der Waals surface area contributed by atoms with Gasteiger partial charge in [0, 0.05) is 25.6 Å². The molecule has 0 bridgehead atoms. The van der Waals surface area contributed by atoms with E-state index in [0.29, 0.717) is 23.0 Å².